The van der Waals surface area contributed by atoms with Crippen LogP contribution in [0.2, 0.25) is 0 Å². The predicted molar refractivity (Wildman–Crippen MR) is 56.5 cm³/mol. The standard InChI is InChI=1S/C8H16O2S2/c1-6(2)4-5-7(9)10-8(11)12-3/h6,8,11H,4-5H2,1-3H3. The summed E-state index contributed by atoms with van der Waals surface area (Å²) in [6.45, 7) is 4.17. The van der Waals surface area contributed by atoms with Gasteiger partial charge in [-0.15, -0.1) is 24.4 Å². The minimum Gasteiger partial charge on any atom is -0.441 e. The summed E-state index contributed by atoms with van der Waals surface area (Å²) in [6, 6.07) is 0. The van der Waals surface area contributed by atoms with Gasteiger partial charge in [0.1, 0.15) is 0 Å². The predicted octanol–water partition coefficient (Wildman–Crippen LogP) is 2.54. The van der Waals surface area contributed by atoms with Crippen LogP contribution < -0.4 is 0 Å². The number of thioether (sulfide) groups is 1. The molecule has 0 saturated heterocycles. The Morgan fingerprint density at radius 1 is 1.58 bits per heavy atom. The molecular formula is C8H16O2S2. The highest BCUT2D eigenvalue weighted by Gasteiger charge is 2.08. The van der Waals surface area contributed by atoms with E-state index in [1.807, 2.05) is 6.26 Å². The summed E-state index contributed by atoms with van der Waals surface area (Å²) in [5.41, 5.74) is 0. The van der Waals surface area contributed by atoms with Gasteiger partial charge < -0.3 is 4.74 Å². The van der Waals surface area contributed by atoms with Gasteiger partial charge in [0.2, 0.25) is 0 Å². The zero-order valence-corrected chi connectivity index (χ0v) is 9.45. The lowest BCUT2D eigenvalue weighted by Gasteiger charge is -2.09. The molecule has 0 aromatic heterocycles. The molecular weight excluding hydrogens is 192 g/mol. The third kappa shape index (κ3) is 6.85. The molecule has 4 heteroatoms. The molecule has 0 aliphatic heterocycles. The molecule has 12 heavy (non-hydrogen) atoms. The van der Waals surface area contributed by atoms with Crippen molar-refractivity contribution < 1.29 is 9.53 Å². The summed E-state index contributed by atoms with van der Waals surface area (Å²) >= 11 is 5.44. The first-order valence-corrected chi connectivity index (χ1v) is 5.77. The van der Waals surface area contributed by atoms with Crippen LogP contribution in [0, 0.1) is 5.92 Å². The lowest BCUT2D eigenvalue weighted by atomic mass is 10.1. The van der Waals surface area contributed by atoms with Gasteiger partial charge >= 0.3 is 5.97 Å². The van der Waals surface area contributed by atoms with Crippen molar-refractivity contribution in [2.75, 3.05) is 6.26 Å². The molecule has 0 fully saturated rings. The molecule has 0 saturated carbocycles. The fourth-order valence-corrected chi connectivity index (χ4v) is 0.947. The van der Waals surface area contributed by atoms with E-state index < -0.39 is 0 Å². The van der Waals surface area contributed by atoms with Crippen LogP contribution in [-0.4, -0.2) is 17.0 Å². The molecule has 0 amide bonds. The maximum absolute atomic E-state index is 11.0. The normalized spacial score (nSPS) is 13.1. The molecule has 0 aliphatic rings. The monoisotopic (exact) mass is 208 g/mol. The number of carbonyl (C=O) groups is 1. The summed E-state index contributed by atoms with van der Waals surface area (Å²) in [6.07, 6.45) is 3.23. The third-order valence-corrected chi connectivity index (χ3v) is 2.60. The Bertz CT molecular complexity index is 137. The molecule has 0 aromatic carbocycles. The number of rotatable bonds is 5. The summed E-state index contributed by atoms with van der Waals surface area (Å²) in [7, 11) is 0. The van der Waals surface area contributed by atoms with Crippen LogP contribution in [0.5, 0.6) is 0 Å². The number of ether oxygens (including phenoxy) is 1. The maximum Gasteiger partial charge on any atom is 0.307 e. The number of carbonyl (C=O) groups excluding carboxylic acids is 1. The zero-order valence-electron chi connectivity index (χ0n) is 7.74. The van der Waals surface area contributed by atoms with Crippen LogP contribution in [0.3, 0.4) is 0 Å². The quantitative estimate of drug-likeness (QED) is 0.427. The lowest BCUT2D eigenvalue weighted by molar-refractivity contribution is -0.142. The third-order valence-electron chi connectivity index (χ3n) is 1.36. The molecule has 0 rings (SSSR count). The Morgan fingerprint density at radius 2 is 2.17 bits per heavy atom. The van der Waals surface area contributed by atoms with Gasteiger partial charge in [0.05, 0.1) is 0 Å². The topological polar surface area (TPSA) is 26.3 Å². The molecule has 0 radical (unpaired) electrons. The van der Waals surface area contributed by atoms with Gasteiger partial charge in [0.25, 0.3) is 0 Å². The first-order chi connectivity index (χ1) is 5.56. The van der Waals surface area contributed by atoms with Gasteiger partial charge in [-0.3, -0.25) is 4.79 Å². The fraction of sp³-hybridized carbons (Fsp3) is 0.875. The molecule has 0 heterocycles. The fourth-order valence-electron chi connectivity index (χ4n) is 0.626. The average Bonchev–Trinajstić information content (AvgIpc) is 2.00. The average molecular weight is 208 g/mol. The minimum atomic E-state index is -0.315. The van der Waals surface area contributed by atoms with Crippen LogP contribution in [0.25, 0.3) is 0 Å². The molecule has 1 unspecified atom stereocenters. The summed E-state index contributed by atoms with van der Waals surface area (Å²) < 4.78 is 4.62. The van der Waals surface area contributed by atoms with Gasteiger partial charge in [-0.1, -0.05) is 13.8 Å². The maximum atomic E-state index is 11.0. The van der Waals surface area contributed by atoms with Crippen molar-refractivity contribution in [1.82, 2.24) is 0 Å². The Morgan fingerprint density at radius 3 is 2.58 bits per heavy atom. The molecule has 0 aromatic rings. The first-order valence-electron chi connectivity index (χ1n) is 3.96. The second-order valence-electron chi connectivity index (χ2n) is 2.97. The highest BCUT2D eigenvalue weighted by molar-refractivity contribution is 8.09. The van der Waals surface area contributed by atoms with Gasteiger partial charge in [-0.25, -0.2) is 0 Å². The van der Waals surface area contributed by atoms with E-state index in [0.717, 1.165) is 6.42 Å². The molecule has 0 aliphatic carbocycles. The van der Waals surface area contributed by atoms with E-state index >= 15 is 0 Å². The number of hydrogen-bond acceptors (Lipinski definition) is 4. The van der Waals surface area contributed by atoms with Crippen molar-refractivity contribution in [2.24, 2.45) is 5.92 Å². The smallest absolute Gasteiger partial charge is 0.307 e. The Kier molecular flexibility index (Phi) is 6.76. The van der Waals surface area contributed by atoms with E-state index in [0.29, 0.717) is 12.3 Å². The largest absolute Gasteiger partial charge is 0.441 e. The lowest BCUT2D eigenvalue weighted by Crippen LogP contribution is -2.10. The van der Waals surface area contributed by atoms with Gasteiger partial charge in [-0.2, -0.15) is 0 Å². The van der Waals surface area contributed by atoms with Gasteiger partial charge in [0.15, 0.2) is 4.77 Å². The van der Waals surface area contributed by atoms with Gasteiger partial charge in [0, 0.05) is 6.42 Å². The van der Waals surface area contributed by atoms with E-state index in [4.69, 9.17) is 4.74 Å². The molecule has 2 nitrogen and oxygen atoms in total. The highest BCUT2D eigenvalue weighted by Crippen LogP contribution is 2.14. The first kappa shape index (κ1) is 12.2. The van der Waals surface area contributed by atoms with Crippen molar-refractivity contribution in [3.63, 3.8) is 0 Å². The Balaban J connectivity index is 3.46. The number of esters is 1. The summed E-state index contributed by atoms with van der Waals surface area (Å²) in [5, 5.41) is 0. The Labute approximate surface area is 83.8 Å². The Hall–Kier alpha value is 0.170. The van der Waals surface area contributed by atoms with Crippen molar-refractivity contribution >= 4 is 30.4 Å². The van der Waals surface area contributed by atoms with Crippen molar-refractivity contribution in [2.45, 2.75) is 31.5 Å². The molecule has 0 bridgehead atoms. The van der Waals surface area contributed by atoms with E-state index in [2.05, 4.69) is 26.5 Å². The van der Waals surface area contributed by atoms with Crippen LogP contribution in [0.1, 0.15) is 26.7 Å². The highest BCUT2D eigenvalue weighted by atomic mass is 32.2. The van der Waals surface area contributed by atoms with Crippen LogP contribution in [0.4, 0.5) is 0 Å². The number of hydrogen-bond donors (Lipinski definition) is 1. The summed E-state index contributed by atoms with van der Waals surface area (Å²) in [4.78, 5) is 11.0. The molecule has 72 valence electrons. The van der Waals surface area contributed by atoms with E-state index in [1.54, 1.807) is 0 Å². The van der Waals surface area contributed by atoms with E-state index in [1.165, 1.54) is 11.8 Å². The molecule has 0 N–H and O–H groups in total. The SMILES string of the molecule is CSC(S)OC(=O)CCC(C)C. The minimum absolute atomic E-state index is 0.155. The van der Waals surface area contributed by atoms with Gasteiger partial charge in [-0.05, 0) is 18.6 Å². The molecule has 0 spiro atoms. The van der Waals surface area contributed by atoms with E-state index in [9.17, 15) is 4.79 Å². The van der Waals surface area contributed by atoms with Crippen molar-refractivity contribution in [3.05, 3.63) is 0 Å². The van der Waals surface area contributed by atoms with Crippen LogP contribution in [-0.2, 0) is 9.53 Å². The summed E-state index contributed by atoms with van der Waals surface area (Å²) in [5.74, 6) is 0.392. The van der Waals surface area contributed by atoms with Crippen LogP contribution in [0.15, 0.2) is 0 Å². The van der Waals surface area contributed by atoms with Crippen molar-refractivity contribution in [3.8, 4) is 0 Å². The van der Waals surface area contributed by atoms with Crippen LogP contribution >= 0.6 is 24.4 Å². The van der Waals surface area contributed by atoms with Crippen molar-refractivity contribution in [1.29, 1.82) is 0 Å². The zero-order chi connectivity index (χ0) is 9.56. The second-order valence-corrected chi connectivity index (χ2v) is 4.68. The second kappa shape index (κ2) is 6.66. The molecule has 1 atom stereocenters. The number of thiol groups is 1. The van der Waals surface area contributed by atoms with E-state index in [-0.39, 0.29) is 10.7 Å².